The van der Waals surface area contributed by atoms with Crippen molar-refractivity contribution in [3.63, 3.8) is 0 Å². The van der Waals surface area contributed by atoms with Crippen molar-refractivity contribution in [1.82, 2.24) is 0 Å². The van der Waals surface area contributed by atoms with Gasteiger partial charge in [0.1, 0.15) is 0 Å². The molecule has 0 saturated carbocycles. The van der Waals surface area contributed by atoms with Crippen molar-refractivity contribution < 1.29 is 14.3 Å². The van der Waals surface area contributed by atoms with E-state index < -0.39 is 11.8 Å². The molecule has 0 radical (unpaired) electrons. The van der Waals surface area contributed by atoms with Crippen LogP contribution in [-0.4, -0.2) is 44.7 Å². The molecule has 7 heteroatoms. The van der Waals surface area contributed by atoms with Gasteiger partial charge >= 0.3 is 0 Å². The van der Waals surface area contributed by atoms with Crippen LogP contribution >= 0.6 is 11.6 Å². The molecular formula is C15H18ClN3O3. The van der Waals surface area contributed by atoms with Crippen LogP contribution in [0.25, 0.3) is 0 Å². The number of nitrogens with two attached hydrogens (primary N) is 1. The first-order valence-corrected chi connectivity index (χ1v) is 7.66. The summed E-state index contributed by atoms with van der Waals surface area (Å²) in [7, 11) is 0. The molecule has 0 aliphatic carbocycles. The lowest BCUT2D eigenvalue weighted by molar-refractivity contribution is -0.123. The van der Waals surface area contributed by atoms with Crippen LogP contribution in [0.15, 0.2) is 18.2 Å². The fourth-order valence-electron chi connectivity index (χ4n) is 2.87. The molecule has 0 bridgehead atoms. The van der Waals surface area contributed by atoms with Gasteiger partial charge in [-0.3, -0.25) is 9.59 Å². The third-order valence-corrected chi connectivity index (χ3v) is 4.42. The minimum absolute atomic E-state index is 0.0982. The molecule has 0 aromatic heterocycles. The lowest BCUT2D eigenvalue weighted by atomic mass is 10.1. The zero-order valence-electron chi connectivity index (χ0n) is 12.1. The molecule has 2 fully saturated rings. The number of amides is 2. The van der Waals surface area contributed by atoms with Crippen LogP contribution < -0.4 is 15.5 Å². The lowest BCUT2D eigenvalue weighted by Gasteiger charge is -2.30. The molecule has 2 N–H and O–H groups in total. The van der Waals surface area contributed by atoms with Gasteiger partial charge in [0.25, 0.3) is 0 Å². The number of rotatable bonds is 3. The molecule has 1 atom stereocenters. The van der Waals surface area contributed by atoms with Crippen molar-refractivity contribution in [1.29, 1.82) is 0 Å². The van der Waals surface area contributed by atoms with E-state index in [1.807, 2.05) is 12.1 Å². The molecular weight excluding hydrogens is 306 g/mol. The van der Waals surface area contributed by atoms with E-state index in [9.17, 15) is 9.59 Å². The number of morpholine rings is 1. The minimum atomic E-state index is -0.438. The Hall–Kier alpha value is -1.79. The summed E-state index contributed by atoms with van der Waals surface area (Å²) in [6.45, 7) is 3.28. The standard InChI is InChI=1S/C15H18ClN3O3/c16-12-8-11(19-9-10(15(17)21)7-14(19)20)1-2-13(12)18-3-5-22-6-4-18/h1-2,8,10H,3-7,9H2,(H2,17,21)/t10-/m1/s1. The van der Waals surface area contributed by atoms with Gasteiger partial charge in [-0.15, -0.1) is 0 Å². The number of anilines is 2. The number of benzene rings is 1. The highest BCUT2D eigenvalue weighted by Gasteiger charge is 2.34. The summed E-state index contributed by atoms with van der Waals surface area (Å²) >= 11 is 6.38. The molecule has 0 spiro atoms. The second kappa shape index (κ2) is 6.14. The fraction of sp³-hybridized carbons (Fsp3) is 0.467. The van der Waals surface area contributed by atoms with E-state index in [-0.39, 0.29) is 12.3 Å². The smallest absolute Gasteiger partial charge is 0.227 e. The topological polar surface area (TPSA) is 75.9 Å². The van der Waals surface area contributed by atoms with E-state index in [2.05, 4.69) is 4.90 Å². The number of hydrogen-bond donors (Lipinski definition) is 1. The minimum Gasteiger partial charge on any atom is -0.378 e. The molecule has 1 aromatic carbocycles. The van der Waals surface area contributed by atoms with Crippen molar-refractivity contribution in [2.45, 2.75) is 6.42 Å². The van der Waals surface area contributed by atoms with Crippen LogP contribution in [0.2, 0.25) is 5.02 Å². The van der Waals surface area contributed by atoms with Crippen LogP contribution in [-0.2, 0) is 14.3 Å². The molecule has 0 unspecified atom stereocenters. The molecule has 6 nitrogen and oxygen atoms in total. The van der Waals surface area contributed by atoms with Gasteiger partial charge in [0.2, 0.25) is 11.8 Å². The van der Waals surface area contributed by atoms with Crippen molar-refractivity contribution >= 4 is 34.8 Å². The summed E-state index contributed by atoms with van der Waals surface area (Å²) in [5.41, 5.74) is 6.93. The van der Waals surface area contributed by atoms with Gasteiger partial charge in [-0.05, 0) is 18.2 Å². The Labute approximate surface area is 133 Å². The van der Waals surface area contributed by atoms with E-state index in [4.69, 9.17) is 22.1 Å². The Morgan fingerprint density at radius 1 is 1.32 bits per heavy atom. The highest BCUT2D eigenvalue weighted by molar-refractivity contribution is 6.33. The van der Waals surface area contributed by atoms with Crippen molar-refractivity contribution in [3.05, 3.63) is 23.2 Å². The van der Waals surface area contributed by atoms with Crippen LogP contribution in [0.5, 0.6) is 0 Å². The molecule has 2 amide bonds. The number of carbonyl (C=O) groups excluding carboxylic acids is 2. The number of carbonyl (C=O) groups is 2. The molecule has 3 rings (SSSR count). The Morgan fingerprint density at radius 2 is 2.05 bits per heavy atom. The molecule has 118 valence electrons. The molecule has 22 heavy (non-hydrogen) atoms. The summed E-state index contributed by atoms with van der Waals surface area (Å²) < 4.78 is 5.33. The van der Waals surface area contributed by atoms with Gasteiger partial charge in [-0.1, -0.05) is 11.6 Å². The Morgan fingerprint density at radius 3 is 2.64 bits per heavy atom. The van der Waals surface area contributed by atoms with E-state index in [1.54, 1.807) is 11.0 Å². The largest absolute Gasteiger partial charge is 0.378 e. The third-order valence-electron chi connectivity index (χ3n) is 4.12. The maximum absolute atomic E-state index is 12.0. The van der Waals surface area contributed by atoms with E-state index in [0.29, 0.717) is 30.5 Å². The average Bonchev–Trinajstić information content (AvgIpc) is 2.90. The van der Waals surface area contributed by atoms with Crippen LogP contribution in [0.1, 0.15) is 6.42 Å². The lowest BCUT2D eigenvalue weighted by Crippen LogP contribution is -2.36. The van der Waals surface area contributed by atoms with Gasteiger partial charge in [0.05, 0.1) is 29.8 Å². The van der Waals surface area contributed by atoms with Gasteiger partial charge in [-0.25, -0.2) is 0 Å². The molecule has 2 aliphatic heterocycles. The Bertz CT molecular complexity index is 602. The van der Waals surface area contributed by atoms with E-state index in [0.717, 1.165) is 18.8 Å². The predicted molar refractivity (Wildman–Crippen MR) is 84.1 cm³/mol. The zero-order chi connectivity index (χ0) is 15.7. The number of halogens is 1. The monoisotopic (exact) mass is 323 g/mol. The Balaban J connectivity index is 1.80. The van der Waals surface area contributed by atoms with Crippen molar-refractivity contribution in [2.75, 3.05) is 42.6 Å². The fourth-order valence-corrected chi connectivity index (χ4v) is 3.17. The van der Waals surface area contributed by atoms with Gasteiger partial charge < -0.3 is 20.3 Å². The molecule has 2 aliphatic rings. The summed E-state index contributed by atoms with van der Waals surface area (Å²) in [5.74, 6) is -0.962. The normalized spacial score (nSPS) is 22.2. The molecule has 2 saturated heterocycles. The number of primary amides is 1. The highest BCUT2D eigenvalue weighted by Crippen LogP contribution is 2.33. The summed E-state index contributed by atoms with van der Waals surface area (Å²) in [6.07, 6.45) is 0.165. The zero-order valence-corrected chi connectivity index (χ0v) is 12.9. The second-order valence-corrected chi connectivity index (χ2v) is 5.95. The first-order chi connectivity index (χ1) is 10.6. The van der Waals surface area contributed by atoms with Crippen LogP contribution in [0.4, 0.5) is 11.4 Å². The summed E-state index contributed by atoms with van der Waals surface area (Å²) in [5, 5.41) is 0.592. The Kier molecular flexibility index (Phi) is 4.22. The van der Waals surface area contributed by atoms with Crippen molar-refractivity contribution in [3.8, 4) is 0 Å². The third kappa shape index (κ3) is 2.89. The van der Waals surface area contributed by atoms with Gasteiger partial charge in [0, 0.05) is 31.7 Å². The SMILES string of the molecule is NC(=O)[C@@H]1CC(=O)N(c2ccc(N3CCOCC3)c(Cl)c2)C1. The summed E-state index contributed by atoms with van der Waals surface area (Å²) in [6, 6.07) is 5.54. The molecule has 2 heterocycles. The van der Waals surface area contributed by atoms with Crippen LogP contribution in [0.3, 0.4) is 0 Å². The highest BCUT2D eigenvalue weighted by atomic mass is 35.5. The first kappa shape index (κ1) is 15.1. The van der Waals surface area contributed by atoms with Crippen molar-refractivity contribution in [2.24, 2.45) is 11.7 Å². The van der Waals surface area contributed by atoms with E-state index in [1.165, 1.54) is 0 Å². The number of hydrogen-bond acceptors (Lipinski definition) is 4. The predicted octanol–water partition coefficient (Wildman–Crippen LogP) is 1.01. The summed E-state index contributed by atoms with van der Waals surface area (Å²) in [4.78, 5) is 27.0. The number of ether oxygens (including phenoxy) is 1. The maximum Gasteiger partial charge on any atom is 0.227 e. The van der Waals surface area contributed by atoms with E-state index >= 15 is 0 Å². The molecule has 1 aromatic rings. The number of nitrogens with zero attached hydrogens (tertiary/aromatic N) is 2. The van der Waals surface area contributed by atoms with Gasteiger partial charge in [0.15, 0.2) is 0 Å². The second-order valence-electron chi connectivity index (χ2n) is 5.54. The van der Waals surface area contributed by atoms with Gasteiger partial charge in [-0.2, -0.15) is 0 Å². The maximum atomic E-state index is 12.0. The van der Waals surface area contributed by atoms with Crippen LogP contribution in [0, 0.1) is 5.92 Å². The quantitative estimate of drug-likeness (QED) is 0.901. The average molecular weight is 324 g/mol. The first-order valence-electron chi connectivity index (χ1n) is 7.28.